The van der Waals surface area contributed by atoms with Crippen molar-refractivity contribution in [1.29, 1.82) is 0 Å². The van der Waals surface area contributed by atoms with Crippen molar-refractivity contribution in [3.63, 3.8) is 0 Å². The van der Waals surface area contributed by atoms with Crippen molar-refractivity contribution in [1.82, 2.24) is 0 Å². The minimum atomic E-state index is -3.30. The fourth-order valence-corrected chi connectivity index (χ4v) is 3.38. The Bertz CT molecular complexity index is 933. The number of ether oxygens (including phenoxy) is 3. The minimum absolute atomic E-state index is 0.0459. The molecule has 1 aliphatic rings. The molecule has 26 heavy (non-hydrogen) atoms. The molecule has 8 heteroatoms. The van der Waals surface area contributed by atoms with Crippen molar-refractivity contribution in [2.24, 2.45) is 0 Å². The minimum Gasteiger partial charge on any atom is -0.487 e. The van der Waals surface area contributed by atoms with Gasteiger partial charge in [0.05, 0.1) is 17.1 Å². The number of hydrogen-bond acceptors (Lipinski definition) is 6. The Hall–Kier alpha value is -2.58. The zero-order valence-corrected chi connectivity index (χ0v) is 15.1. The van der Waals surface area contributed by atoms with E-state index in [-0.39, 0.29) is 16.6 Å². The summed E-state index contributed by atoms with van der Waals surface area (Å²) in [6.45, 7) is 0.375. The maximum atomic E-state index is 11.5. The number of carbonyl (C=O) groups is 1. The molecule has 0 radical (unpaired) electrons. The Morgan fingerprint density at radius 1 is 1.27 bits per heavy atom. The molecular weight excluding hydrogens is 360 g/mol. The van der Waals surface area contributed by atoms with E-state index in [1.807, 2.05) is 0 Å². The Morgan fingerprint density at radius 2 is 1.96 bits per heavy atom. The van der Waals surface area contributed by atoms with Gasteiger partial charge in [-0.2, -0.15) is 0 Å². The van der Waals surface area contributed by atoms with Crippen LogP contribution in [-0.4, -0.2) is 45.6 Å². The predicted octanol–water partition coefficient (Wildman–Crippen LogP) is 2.53. The van der Waals surface area contributed by atoms with E-state index in [1.165, 1.54) is 36.4 Å². The zero-order chi connectivity index (χ0) is 18.9. The number of carboxylic acid groups (broad SMARTS) is 1. The first-order valence-electron chi connectivity index (χ1n) is 7.81. The van der Waals surface area contributed by atoms with Gasteiger partial charge in [-0.25, -0.2) is 13.2 Å². The Labute approximate surface area is 151 Å². The molecule has 2 aromatic carbocycles. The Balaban J connectivity index is 1.93. The molecule has 0 saturated heterocycles. The normalized spacial score (nSPS) is 16.0. The number of fused-ring (bicyclic) bond motifs is 1. The third-order valence-corrected chi connectivity index (χ3v) is 5.10. The zero-order valence-electron chi connectivity index (χ0n) is 14.3. The molecule has 0 saturated carbocycles. The van der Waals surface area contributed by atoms with Crippen LogP contribution in [0.5, 0.6) is 17.2 Å². The summed E-state index contributed by atoms with van der Waals surface area (Å²) in [7, 11) is -1.74. The van der Waals surface area contributed by atoms with Crippen LogP contribution in [-0.2, 0) is 21.0 Å². The smallest absolute Gasteiger partial charge is 0.335 e. The van der Waals surface area contributed by atoms with Gasteiger partial charge in [0.2, 0.25) is 0 Å². The lowest BCUT2D eigenvalue weighted by molar-refractivity contribution is 0.0695. The van der Waals surface area contributed by atoms with E-state index in [0.717, 1.165) is 11.8 Å². The van der Waals surface area contributed by atoms with E-state index < -0.39 is 15.8 Å². The van der Waals surface area contributed by atoms with Crippen LogP contribution in [0, 0.1) is 0 Å². The van der Waals surface area contributed by atoms with Crippen LogP contribution in [0.4, 0.5) is 0 Å². The number of aromatic carboxylic acids is 1. The summed E-state index contributed by atoms with van der Waals surface area (Å²) in [6, 6.07) is 8.83. The van der Waals surface area contributed by atoms with Gasteiger partial charge in [-0.1, -0.05) is 0 Å². The second-order valence-electron chi connectivity index (χ2n) is 6.00. The van der Waals surface area contributed by atoms with Gasteiger partial charge in [-0.3, -0.25) is 0 Å². The van der Waals surface area contributed by atoms with Gasteiger partial charge in [0.25, 0.3) is 0 Å². The Kier molecular flexibility index (Phi) is 4.88. The molecule has 0 amide bonds. The van der Waals surface area contributed by atoms with Gasteiger partial charge in [0, 0.05) is 25.3 Å². The lowest BCUT2D eigenvalue weighted by atomic mass is 10.1. The van der Waals surface area contributed by atoms with Crippen molar-refractivity contribution in [3.05, 3.63) is 47.5 Å². The van der Waals surface area contributed by atoms with Crippen LogP contribution in [0.1, 0.15) is 15.9 Å². The summed E-state index contributed by atoms with van der Waals surface area (Å²) in [5.74, 6) is 0.126. The molecule has 2 aromatic rings. The molecule has 1 N–H and O–H groups in total. The average molecular weight is 378 g/mol. The molecule has 7 nitrogen and oxygen atoms in total. The van der Waals surface area contributed by atoms with E-state index in [2.05, 4.69) is 0 Å². The molecule has 3 rings (SSSR count). The first-order chi connectivity index (χ1) is 12.3. The van der Waals surface area contributed by atoms with Crippen LogP contribution in [0.2, 0.25) is 0 Å². The molecule has 1 unspecified atom stereocenters. The van der Waals surface area contributed by atoms with Crippen LogP contribution in [0.25, 0.3) is 0 Å². The van der Waals surface area contributed by atoms with Crippen LogP contribution in [0.15, 0.2) is 41.3 Å². The number of sulfone groups is 1. The highest BCUT2D eigenvalue weighted by molar-refractivity contribution is 7.90. The summed E-state index contributed by atoms with van der Waals surface area (Å²) in [5.41, 5.74) is 0.800. The number of carboxylic acids is 1. The second kappa shape index (κ2) is 6.97. The maximum Gasteiger partial charge on any atom is 0.335 e. The quantitative estimate of drug-likeness (QED) is 0.824. The highest BCUT2D eigenvalue weighted by Crippen LogP contribution is 2.39. The SMILES string of the molecule is COCC1Cc2c(Oc3ccc(S(C)(=O)=O)cc3)cc(C(=O)O)cc2O1. The lowest BCUT2D eigenvalue weighted by Gasteiger charge is -2.11. The molecule has 0 fully saturated rings. The predicted molar refractivity (Wildman–Crippen MR) is 93.0 cm³/mol. The molecular formula is C18H18O7S. The average Bonchev–Trinajstić information content (AvgIpc) is 2.97. The fraction of sp³-hybridized carbons (Fsp3) is 0.278. The molecule has 0 aliphatic carbocycles. The summed E-state index contributed by atoms with van der Waals surface area (Å²) in [4.78, 5) is 11.5. The van der Waals surface area contributed by atoms with Gasteiger partial charge in [0.1, 0.15) is 23.4 Å². The van der Waals surface area contributed by atoms with Crippen molar-refractivity contribution < 1.29 is 32.5 Å². The van der Waals surface area contributed by atoms with E-state index in [9.17, 15) is 18.3 Å². The van der Waals surface area contributed by atoms with Crippen molar-refractivity contribution in [2.75, 3.05) is 20.0 Å². The van der Waals surface area contributed by atoms with Gasteiger partial charge in [-0.15, -0.1) is 0 Å². The second-order valence-corrected chi connectivity index (χ2v) is 8.02. The summed E-state index contributed by atoms with van der Waals surface area (Å²) in [5, 5.41) is 9.30. The summed E-state index contributed by atoms with van der Waals surface area (Å²) < 4.78 is 39.7. The molecule has 0 spiro atoms. The monoisotopic (exact) mass is 378 g/mol. The third kappa shape index (κ3) is 3.81. The largest absolute Gasteiger partial charge is 0.487 e. The number of benzene rings is 2. The van der Waals surface area contributed by atoms with Gasteiger partial charge >= 0.3 is 5.97 Å². The van der Waals surface area contributed by atoms with Crippen molar-refractivity contribution in [3.8, 4) is 17.2 Å². The standard InChI is InChI=1S/C18H18O7S/c1-23-10-13-9-15-16(7-11(18(19)20)8-17(15)25-13)24-12-3-5-14(6-4-12)26(2,21)22/h3-8,13H,9-10H2,1-2H3,(H,19,20). The third-order valence-electron chi connectivity index (χ3n) is 3.97. The number of methoxy groups -OCH3 is 1. The lowest BCUT2D eigenvalue weighted by Crippen LogP contribution is -2.19. The first kappa shape index (κ1) is 18.2. The molecule has 1 heterocycles. The number of rotatable bonds is 6. The topological polar surface area (TPSA) is 99.1 Å². The van der Waals surface area contributed by atoms with Crippen LogP contribution >= 0.6 is 0 Å². The molecule has 0 aromatic heterocycles. The highest BCUT2D eigenvalue weighted by Gasteiger charge is 2.28. The Morgan fingerprint density at radius 3 is 2.54 bits per heavy atom. The fourth-order valence-electron chi connectivity index (χ4n) is 2.75. The molecule has 1 atom stereocenters. The maximum absolute atomic E-state index is 11.5. The molecule has 138 valence electrons. The first-order valence-corrected chi connectivity index (χ1v) is 9.71. The van der Waals surface area contributed by atoms with Crippen molar-refractivity contribution >= 4 is 15.8 Å². The highest BCUT2D eigenvalue weighted by atomic mass is 32.2. The number of hydrogen-bond donors (Lipinski definition) is 1. The van der Waals surface area contributed by atoms with Gasteiger partial charge in [-0.05, 0) is 36.4 Å². The van der Waals surface area contributed by atoms with Gasteiger partial charge in [0.15, 0.2) is 9.84 Å². The van der Waals surface area contributed by atoms with E-state index in [1.54, 1.807) is 7.11 Å². The van der Waals surface area contributed by atoms with Crippen LogP contribution in [0.3, 0.4) is 0 Å². The van der Waals surface area contributed by atoms with Crippen LogP contribution < -0.4 is 9.47 Å². The van der Waals surface area contributed by atoms with E-state index in [4.69, 9.17) is 14.2 Å². The van der Waals surface area contributed by atoms with Crippen molar-refractivity contribution in [2.45, 2.75) is 17.4 Å². The van der Waals surface area contributed by atoms with Gasteiger partial charge < -0.3 is 19.3 Å². The van der Waals surface area contributed by atoms with E-state index in [0.29, 0.717) is 30.3 Å². The summed E-state index contributed by atoms with van der Waals surface area (Å²) >= 11 is 0. The summed E-state index contributed by atoms with van der Waals surface area (Å²) in [6.07, 6.45) is 1.44. The van der Waals surface area contributed by atoms with E-state index >= 15 is 0 Å². The molecule has 0 bridgehead atoms. The molecule has 1 aliphatic heterocycles.